The first-order chi connectivity index (χ1) is 26.1. The lowest BCUT2D eigenvalue weighted by atomic mass is 9.81. The monoisotopic (exact) mass is 856 g/mol. The summed E-state index contributed by atoms with van der Waals surface area (Å²) < 4.78 is 4.47. The Morgan fingerprint density at radius 1 is 0.361 bits per heavy atom. The Labute approximate surface area is 389 Å². The molecule has 2 nitrogen and oxygen atoms in total. The van der Waals surface area contributed by atoms with E-state index in [1.807, 2.05) is 36.4 Å². The lowest BCUT2D eigenvalue weighted by Gasteiger charge is -2.24. The van der Waals surface area contributed by atoms with Crippen LogP contribution in [0, 0.1) is 66.0 Å². The number of hydrogen-bond donors (Lipinski definition) is 0. The molecular formula is C59H117NO. The standard InChI is InChI=1S/C10H22.C10H20.C10H18.C6H6.4C5H12.C3H3NO/c3*1-9(2,3)7-8-10(4,5)6;1-2-4-6-5-3-1;4*1-5(2,3)4;1-2-5-3-4-1/h7-8H2,1-6H3;7-8H,1-6H3;1-6H3;1-6H;4*1-4H3;1-3H. The van der Waals surface area contributed by atoms with Gasteiger partial charge in [-0.2, -0.15) is 0 Å². The van der Waals surface area contributed by atoms with E-state index in [4.69, 9.17) is 0 Å². The zero-order valence-electron chi connectivity index (χ0n) is 48.6. The maximum Gasteiger partial charge on any atom is 0.180 e. The highest BCUT2D eigenvalue weighted by molar-refractivity contribution is 5.12. The van der Waals surface area contributed by atoms with Crippen molar-refractivity contribution >= 4 is 0 Å². The van der Waals surface area contributed by atoms with E-state index in [1.54, 1.807) is 6.20 Å². The van der Waals surface area contributed by atoms with Crippen LogP contribution in [0.1, 0.15) is 248 Å². The molecule has 0 aliphatic carbocycles. The average Bonchev–Trinajstić information content (AvgIpc) is 3.51. The van der Waals surface area contributed by atoms with Crippen LogP contribution in [0.3, 0.4) is 0 Å². The second-order valence-electron chi connectivity index (χ2n) is 29.3. The Kier molecular flexibility index (Phi) is 39.9. The maximum atomic E-state index is 4.47. The number of rotatable bonds is 1. The van der Waals surface area contributed by atoms with Gasteiger partial charge in [0.2, 0.25) is 0 Å². The largest absolute Gasteiger partial charge is 0.452 e. The molecule has 0 aliphatic rings. The maximum absolute atomic E-state index is 4.47. The molecular weight excluding hydrogens is 739 g/mol. The average molecular weight is 857 g/mol. The molecule has 1 aromatic carbocycles. The van der Waals surface area contributed by atoms with E-state index in [0.717, 1.165) is 0 Å². The highest BCUT2D eigenvalue weighted by Crippen LogP contribution is 2.29. The Morgan fingerprint density at radius 2 is 0.557 bits per heavy atom. The Bertz CT molecular complexity index is 1090. The van der Waals surface area contributed by atoms with Gasteiger partial charge in [0.15, 0.2) is 6.39 Å². The van der Waals surface area contributed by atoms with Gasteiger partial charge in [0.1, 0.15) is 6.26 Å². The summed E-state index contributed by atoms with van der Waals surface area (Å²) in [5.74, 6) is 6.42. The third-order valence-corrected chi connectivity index (χ3v) is 4.53. The summed E-state index contributed by atoms with van der Waals surface area (Å²) in [6, 6.07) is 12.0. The van der Waals surface area contributed by atoms with Gasteiger partial charge >= 0.3 is 0 Å². The number of oxazole rings is 1. The van der Waals surface area contributed by atoms with Gasteiger partial charge in [0.05, 0.1) is 6.20 Å². The highest BCUT2D eigenvalue weighted by atomic mass is 16.3. The van der Waals surface area contributed by atoms with Gasteiger partial charge in [-0.15, -0.1) is 0 Å². The summed E-state index contributed by atoms with van der Waals surface area (Å²) in [4.78, 5) is 3.56. The summed E-state index contributed by atoms with van der Waals surface area (Å²) in [6.07, 6.45) is 11.7. The second-order valence-corrected chi connectivity index (χ2v) is 29.3. The van der Waals surface area contributed by atoms with Gasteiger partial charge in [-0.25, -0.2) is 4.98 Å². The SMILES string of the molecule is CC(C)(C)C.CC(C)(C)C.CC(C)(C)C.CC(C)(C)C.CC(C)(C)C#CC(C)(C)C.CC(C)(C)C=CC(C)(C)C.CC(C)(C)CCC(C)(C)C.c1ccccc1.c1cocn1. The zero-order chi connectivity index (χ0) is 51.0. The molecule has 0 saturated heterocycles. The van der Waals surface area contributed by atoms with Crippen molar-refractivity contribution in [3.05, 3.63) is 67.4 Å². The normalized spacial score (nSPS) is 12.0. The number of nitrogens with zero attached hydrogens (tertiary/aromatic N) is 1. The molecule has 0 amide bonds. The quantitative estimate of drug-likeness (QED) is 0.211. The fourth-order valence-corrected chi connectivity index (χ4v) is 2.19. The molecule has 0 bridgehead atoms. The minimum absolute atomic E-state index is 0.146. The van der Waals surface area contributed by atoms with Crippen molar-refractivity contribution in [2.45, 2.75) is 248 Å². The van der Waals surface area contributed by atoms with Gasteiger partial charge in [-0.3, -0.25) is 0 Å². The van der Waals surface area contributed by atoms with Crippen molar-refractivity contribution in [2.75, 3.05) is 0 Å². The molecule has 1 aromatic heterocycles. The van der Waals surface area contributed by atoms with E-state index in [2.05, 4.69) is 269 Å². The second kappa shape index (κ2) is 33.3. The van der Waals surface area contributed by atoms with E-state index < -0.39 is 0 Å². The van der Waals surface area contributed by atoms with Crippen LogP contribution < -0.4 is 0 Å². The molecule has 2 heteroatoms. The molecule has 0 atom stereocenters. The molecule has 0 unspecified atom stereocenters. The van der Waals surface area contributed by atoms with Gasteiger partial charge < -0.3 is 4.42 Å². The minimum atomic E-state index is 0.146. The smallest absolute Gasteiger partial charge is 0.180 e. The van der Waals surface area contributed by atoms with Gasteiger partial charge in [-0.05, 0) is 97.7 Å². The van der Waals surface area contributed by atoms with Crippen molar-refractivity contribution < 1.29 is 4.42 Å². The van der Waals surface area contributed by atoms with Crippen LogP contribution in [0.15, 0.2) is 71.8 Å². The van der Waals surface area contributed by atoms with E-state index >= 15 is 0 Å². The molecule has 1 heterocycles. The molecule has 0 aliphatic heterocycles. The Morgan fingerprint density at radius 3 is 0.639 bits per heavy atom. The van der Waals surface area contributed by atoms with E-state index in [-0.39, 0.29) is 10.8 Å². The van der Waals surface area contributed by atoms with Crippen LogP contribution in [0.5, 0.6) is 0 Å². The van der Waals surface area contributed by atoms with E-state index in [9.17, 15) is 0 Å². The molecule has 0 radical (unpaired) electrons. The fourth-order valence-electron chi connectivity index (χ4n) is 2.19. The van der Waals surface area contributed by atoms with Crippen molar-refractivity contribution in [3.8, 4) is 11.8 Å². The molecule has 0 N–H and O–H groups in total. The van der Waals surface area contributed by atoms with Crippen LogP contribution >= 0.6 is 0 Å². The van der Waals surface area contributed by atoms with Crippen molar-refractivity contribution in [2.24, 2.45) is 54.1 Å². The molecule has 2 aromatic rings. The first kappa shape index (κ1) is 73.1. The van der Waals surface area contributed by atoms with Gasteiger partial charge in [0.25, 0.3) is 0 Å². The van der Waals surface area contributed by atoms with Crippen molar-refractivity contribution in [1.82, 2.24) is 4.98 Å². The first-order valence-electron chi connectivity index (χ1n) is 23.2. The van der Waals surface area contributed by atoms with Crippen LogP contribution in [0.2, 0.25) is 0 Å². The van der Waals surface area contributed by atoms with Crippen molar-refractivity contribution in [1.29, 1.82) is 0 Å². The summed E-state index contributed by atoms with van der Waals surface area (Å²) >= 11 is 0. The van der Waals surface area contributed by atoms with E-state index in [0.29, 0.717) is 43.3 Å². The number of benzene rings is 1. The molecule has 0 saturated carbocycles. The topological polar surface area (TPSA) is 26.0 Å². The van der Waals surface area contributed by atoms with Gasteiger partial charge in [0, 0.05) is 10.8 Å². The van der Waals surface area contributed by atoms with Crippen molar-refractivity contribution in [3.63, 3.8) is 0 Å². The highest BCUT2D eigenvalue weighted by Gasteiger charge is 2.16. The fraction of sp³-hybridized carbons (Fsp3) is 0.780. The Balaban J connectivity index is -0.000000109. The third-order valence-electron chi connectivity index (χ3n) is 4.53. The zero-order valence-corrected chi connectivity index (χ0v) is 48.6. The number of hydrogen-bond acceptors (Lipinski definition) is 2. The summed E-state index contributed by atoms with van der Waals surface area (Å²) in [6.45, 7) is 74.9. The Hall–Kier alpha value is -2.27. The lowest BCUT2D eigenvalue weighted by Crippen LogP contribution is -2.12. The van der Waals surface area contributed by atoms with Crippen LogP contribution in [0.25, 0.3) is 0 Å². The van der Waals surface area contributed by atoms with Crippen LogP contribution in [-0.2, 0) is 0 Å². The predicted octanol–water partition coefficient (Wildman–Crippen LogP) is 21.1. The summed E-state index contributed by atoms with van der Waals surface area (Å²) in [5.41, 5.74) is 3.96. The molecule has 61 heavy (non-hydrogen) atoms. The van der Waals surface area contributed by atoms with Gasteiger partial charge in [-0.1, -0.05) is 254 Å². The minimum Gasteiger partial charge on any atom is -0.452 e. The summed E-state index contributed by atoms with van der Waals surface area (Å²) in [5, 5.41) is 0. The van der Waals surface area contributed by atoms with Crippen LogP contribution in [-0.4, -0.2) is 4.98 Å². The van der Waals surface area contributed by atoms with E-state index in [1.165, 1.54) is 25.5 Å². The number of allylic oxidation sites excluding steroid dienone is 2. The molecule has 364 valence electrons. The summed E-state index contributed by atoms with van der Waals surface area (Å²) in [7, 11) is 0. The third kappa shape index (κ3) is 203. The first-order valence-corrected chi connectivity index (χ1v) is 23.2. The van der Waals surface area contributed by atoms with Crippen LogP contribution in [0.4, 0.5) is 0 Å². The molecule has 2 rings (SSSR count). The molecule has 0 spiro atoms. The lowest BCUT2D eigenvalue weighted by molar-refractivity contribution is 0.275. The predicted molar refractivity (Wildman–Crippen MR) is 286 cm³/mol. The molecule has 0 fully saturated rings. The number of aromatic nitrogens is 1.